The number of carbonyl (C=O) groups excluding carboxylic acids is 1. The lowest BCUT2D eigenvalue weighted by Crippen LogP contribution is -2.42. The van der Waals surface area contributed by atoms with Crippen molar-refractivity contribution in [2.45, 2.75) is 18.9 Å². The summed E-state index contributed by atoms with van der Waals surface area (Å²) >= 11 is 0. The molecule has 124 valence electrons. The summed E-state index contributed by atoms with van der Waals surface area (Å²) in [6.07, 6.45) is 7.90. The molecule has 1 aliphatic rings. The number of hydrogen-bond donors (Lipinski definition) is 1. The Morgan fingerprint density at radius 2 is 2.30 bits per heavy atom. The van der Waals surface area contributed by atoms with E-state index in [1.54, 1.807) is 17.2 Å². The lowest BCUT2D eigenvalue weighted by atomic mass is 9.85. The maximum Gasteiger partial charge on any atom is 0.271 e. The normalized spacial score (nSPS) is 22.2. The molecule has 2 atom stereocenters. The summed E-state index contributed by atoms with van der Waals surface area (Å²) in [5.74, 6) is 0.385. The Hall–Kier alpha value is -2.15. The van der Waals surface area contributed by atoms with Gasteiger partial charge in [0, 0.05) is 44.6 Å². The molecule has 1 amide bonds. The predicted molar refractivity (Wildman–Crippen MR) is 86.9 cm³/mol. The second-order valence-corrected chi connectivity index (χ2v) is 6.43. The SMILES string of the molecule is CN(C[C@@H]1CCCN(C)[C@H]1c1cnn(C)c1)C(=O)c1ccn[nH]1. The molecule has 1 aliphatic heterocycles. The van der Waals surface area contributed by atoms with Gasteiger partial charge in [-0.2, -0.15) is 10.2 Å². The van der Waals surface area contributed by atoms with Gasteiger partial charge in [-0.25, -0.2) is 0 Å². The first kappa shape index (κ1) is 15.7. The fourth-order valence-electron chi connectivity index (χ4n) is 3.59. The minimum absolute atomic E-state index is 0.0133. The average molecular weight is 316 g/mol. The van der Waals surface area contributed by atoms with Crippen molar-refractivity contribution in [1.29, 1.82) is 0 Å². The van der Waals surface area contributed by atoms with Gasteiger partial charge in [0.15, 0.2) is 0 Å². The molecule has 0 saturated carbocycles. The number of hydrogen-bond acceptors (Lipinski definition) is 4. The first-order valence-electron chi connectivity index (χ1n) is 8.00. The predicted octanol–water partition coefficient (Wildman–Crippen LogP) is 1.30. The summed E-state index contributed by atoms with van der Waals surface area (Å²) in [5, 5.41) is 10.9. The molecule has 23 heavy (non-hydrogen) atoms. The van der Waals surface area contributed by atoms with Crippen molar-refractivity contribution in [3.8, 4) is 0 Å². The topological polar surface area (TPSA) is 70.1 Å². The number of aryl methyl sites for hydroxylation is 1. The molecule has 2 aromatic rings. The molecule has 0 radical (unpaired) electrons. The maximum atomic E-state index is 12.4. The number of aromatic nitrogens is 4. The van der Waals surface area contributed by atoms with Gasteiger partial charge in [0.1, 0.15) is 5.69 Å². The summed E-state index contributed by atoms with van der Waals surface area (Å²) in [6.45, 7) is 1.80. The number of H-pyrrole nitrogens is 1. The number of nitrogens with one attached hydrogen (secondary N) is 1. The van der Waals surface area contributed by atoms with Crippen LogP contribution in [0.15, 0.2) is 24.7 Å². The van der Waals surface area contributed by atoms with E-state index in [1.807, 2.05) is 25.0 Å². The number of amides is 1. The van der Waals surface area contributed by atoms with E-state index in [0.717, 1.165) is 25.9 Å². The molecule has 1 fully saturated rings. The monoisotopic (exact) mass is 316 g/mol. The molecule has 0 unspecified atom stereocenters. The largest absolute Gasteiger partial charge is 0.340 e. The summed E-state index contributed by atoms with van der Waals surface area (Å²) in [4.78, 5) is 16.6. The van der Waals surface area contributed by atoms with E-state index in [-0.39, 0.29) is 5.91 Å². The minimum Gasteiger partial charge on any atom is -0.340 e. The van der Waals surface area contributed by atoms with Crippen LogP contribution in [0.25, 0.3) is 0 Å². The number of rotatable bonds is 4. The summed E-state index contributed by atoms with van der Waals surface area (Å²) in [6, 6.07) is 2.01. The molecule has 0 aromatic carbocycles. The van der Waals surface area contributed by atoms with Crippen LogP contribution in [-0.2, 0) is 7.05 Å². The fraction of sp³-hybridized carbons (Fsp3) is 0.562. The molecule has 7 heteroatoms. The Labute approximate surface area is 136 Å². The summed E-state index contributed by atoms with van der Waals surface area (Å²) in [7, 11) is 5.95. The van der Waals surface area contributed by atoms with Crippen LogP contribution in [0.3, 0.4) is 0 Å². The van der Waals surface area contributed by atoms with Gasteiger partial charge in [-0.3, -0.25) is 19.5 Å². The fourth-order valence-corrected chi connectivity index (χ4v) is 3.59. The van der Waals surface area contributed by atoms with E-state index in [4.69, 9.17) is 0 Å². The second-order valence-electron chi connectivity index (χ2n) is 6.43. The molecule has 0 bridgehead atoms. The molecular formula is C16H24N6O. The van der Waals surface area contributed by atoms with Gasteiger partial charge in [0.25, 0.3) is 5.91 Å². The molecule has 7 nitrogen and oxygen atoms in total. The van der Waals surface area contributed by atoms with Crippen LogP contribution in [0.4, 0.5) is 0 Å². The number of likely N-dealkylation sites (tertiary alicyclic amines) is 1. The van der Waals surface area contributed by atoms with Crippen LogP contribution < -0.4 is 0 Å². The number of aromatic amines is 1. The van der Waals surface area contributed by atoms with E-state index in [2.05, 4.69) is 33.4 Å². The first-order valence-corrected chi connectivity index (χ1v) is 8.00. The third-order valence-corrected chi connectivity index (χ3v) is 4.66. The third-order valence-electron chi connectivity index (χ3n) is 4.66. The van der Waals surface area contributed by atoms with Crippen molar-refractivity contribution in [2.24, 2.45) is 13.0 Å². The molecule has 0 aliphatic carbocycles. The molecule has 2 aromatic heterocycles. The van der Waals surface area contributed by atoms with Crippen molar-refractivity contribution < 1.29 is 4.79 Å². The molecule has 1 N–H and O–H groups in total. The van der Waals surface area contributed by atoms with Gasteiger partial charge < -0.3 is 4.90 Å². The van der Waals surface area contributed by atoms with Gasteiger partial charge in [-0.1, -0.05) is 0 Å². The van der Waals surface area contributed by atoms with E-state index in [0.29, 0.717) is 17.7 Å². The third kappa shape index (κ3) is 3.29. The quantitative estimate of drug-likeness (QED) is 0.923. The van der Waals surface area contributed by atoms with E-state index < -0.39 is 0 Å². The standard InChI is InChI=1S/C16H24N6O/c1-20-8-4-5-12(15(20)13-9-18-22(3)11-13)10-21(2)16(23)14-6-7-17-19-14/h6-7,9,11-12,15H,4-5,8,10H2,1-3H3,(H,17,19)/t12-,15+/m0/s1. The molecule has 3 rings (SSSR count). The van der Waals surface area contributed by atoms with E-state index >= 15 is 0 Å². The highest BCUT2D eigenvalue weighted by Crippen LogP contribution is 2.35. The lowest BCUT2D eigenvalue weighted by molar-refractivity contribution is 0.0640. The second kappa shape index (κ2) is 6.54. The van der Waals surface area contributed by atoms with Crippen LogP contribution >= 0.6 is 0 Å². The summed E-state index contributed by atoms with van der Waals surface area (Å²) in [5.41, 5.74) is 1.76. The van der Waals surface area contributed by atoms with Crippen molar-refractivity contribution >= 4 is 5.91 Å². The van der Waals surface area contributed by atoms with Crippen LogP contribution in [-0.4, -0.2) is 62.9 Å². The van der Waals surface area contributed by atoms with Crippen LogP contribution in [0, 0.1) is 5.92 Å². The maximum absolute atomic E-state index is 12.4. The zero-order valence-corrected chi connectivity index (χ0v) is 13.9. The molecule has 3 heterocycles. The van der Waals surface area contributed by atoms with Gasteiger partial charge in [0.05, 0.1) is 6.20 Å². The number of piperidine rings is 1. The van der Waals surface area contributed by atoms with Crippen LogP contribution in [0.2, 0.25) is 0 Å². The Morgan fingerprint density at radius 3 is 2.96 bits per heavy atom. The Kier molecular flexibility index (Phi) is 4.47. The number of nitrogens with zero attached hydrogens (tertiary/aromatic N) is 5. The number of carbonyl (C=O) groups is 1. The zero-order valence-electron chi connectivity index (χ0n) is 13.9. The summed E-state index contributed by atoms with van der Waals surface area (Å²) < 4.78 is 1.84. The van der Waals surface area contributed by atoms with Crippen molar-refractivity contribution in [3.63, 3.8) is 0 Å². The van der Waals surface area contributed by atoms with Gasteiger partial charge in [-0.05, 0) is 38.4 Å². The molecule has 1 saturated heterocycles. The Morgan fingerprint density at radius 1 is 1.48 bits per heavy atom. The molecular weight excluding hydrogens is 292 g/mol. The van der Waals surface area contributed by atoms with Crippen LogP contribution in [0.1, 0.15) is 34.9 Å². The highest BCUT2D eigenvalue weighted by Gasteiger charge is 2.33. The van der Waals surface area contributed by atoms with Gasteiger partial charge in [-0.15, -0.1) is 0 Å². The first-order chi connectivity index (χ1) is 11.1. The zero-order chi connectivity index (χ0) is 16.4. The van der Waals surface area contributed by atoms with Gasteiger partial charge in [0.2, 0.25) is 0 Å². The van der Waals surface area contributed by atoms with Crippen molar-refractivity contribution in [3.05, 3.63) is 35.9 Å². The Bertz CT molecular complexity index is 649. The Balaban J connectivity index is 1.75. The van der Waals surface area contributed by atoms with E-state index in [1.165, 1.54) is 5.56 Å². The van der Waals surface area contributed by atoms with Gasteiger partial charge >= 0.3 is 0 Å². The highest BCUT2D eigenvalue weighted by molar-refractivity contribution is 5.91. The molecule has 0 spiro atoms. The highest BCUT2D eigenvalue weighted by atomic mass is 16.2. The minimum atomic E-state index is -0.0133. The van der Waals surface area contributed by atoms with Crippen molar-refractivity contribution in [2.75, 3.05) is 27.2 Å². The van der Waals surface area contributed by atoms with Crippen molar-refractivity contribution in [1.82, 2.24) is 29.8 Å². The van der Waals surface area contributed by atoms with Crippen LogP contribution in [0.5, 0.6) is 0 Å². The average Bonchev–Trinajstić information content (AvgIpc) is 3.18. The van der Waals surface area contributed by atoms with E-state index in [9.17, 15) is 4.79 Å². The smallest absolute Gasteiger partial charge is 0.271 e. The lowest BCUT2D eigenvalue weighted by Gasteiger charge is -2.40.